The van der Waals surface area contributed by atoms with Gasteiger partial charge in [0.1, 0.15) is 5.82 Å². The highest BCUT2D eigenvalue weighted by Gasteiger charge is 2.35. The van der Waals surface area contributed by atoms with Gasteiger partial charge in [0.2, 0.25) is 0 Å². The van der Waals surface area contributed by atoms with E-state index in [2.05, 4.69) is 22.1 Å². The predicted molar refractivity (Wildman–Crippen MR) is 123 cm³/mol. The summed E-state index contributed by atoms with van der Waals surface area (Å²) in [5.74, 6) is 3.05. The Morgan fingerprint density at radius 3 is 2.22 bits per heavy atom. The van der Waals surface area contributed by atoms with Crippen molar-refractivity contribution in [3.8, 4) is 11.8 Å². The normalized spacial score (nSPS) is 11.3. The average Bonchev–Trinajstić information content (AvgIpc) is 2.81. The van der Waals surface area contributed by atoms with Crippen LogP contribution in [0.2, 0.25) is 0 Å². The molecule has 0 atom stereocenters. The van der Waals surface area contributed by atoms with Crippen molar-refractivity contribution in [2.75, 3.05) is 5.32 Å². The van der Waals surface area contributed by atoms with Crippen molar-refractivity contribution in [2.45, 2.75) is 25.7 Å². The fourth-order valence-electron chi connectivity index (χ4n) is 3.19. The zero-order valence-electron chi connectivity index (χ0n) is 19.0. The second kappa shape index (κ2) is 10.7. The summed E-state index contributed by atoms with van der Waals surface area (Å²) in [6.45, 7) is 1.33. The first-order valence-corrected chi connectivity index (χ1v) is 10.5. The summed E-state index contributed by atoms with van der Waals surface area (Å²) in [4.78, 5) is 28.7. The van der Waals surface area contributed by atoms with E-state index >= 15 is 0 Å². The fraction of sp³-hybridized carbons (Fsp3) is 0.154. The van der Waals surface area contributed by atoms with Crippen molar-refractivity contribution in [1.82, 2.24) is 4.98 Å². The second-order valence-electron chi connectivity index (χ2n) is 7.85. The Labute approximate surface area is 207 Å². The zero-order chi connectivity index (χ0) is 27.4. The smallest absolute Gasteiger partial charge is 0.310 e. The minimum Gasteiger partial charge on any atom is -0.310 e. The molecule has 5 nitrogen and oxygen atoms in total. The van der Waals surface area contributed by atoms with E-state index in [9.17, 15) is 35.9 Å². The van der Waals surface area contributed by atoms with Crippen LogP contribution in [0.15, 0.2) is 60.8 Å². The van der Waals surface area contributed by atoms with E-state index < -0.39 is 40.7 Å². The van der Waals surface area contributed by atoms with Crippen LogP contribution in [0, 0.1) is 17.3 Å². The molecule has 11 heteroatoms. The molecule has 0 aliphatic carbocycles. The first kappa shape index (κ1) is 27.1. The van der Waals surface area contributed by atoms with Crippen LogP contribution in [0.25, 0.3) is 0 Å². The van der Waals surface area contributed by atoms with Gasteiger partial charge in [-0.1, -0.05) is 17.9 Å². The zero-order valence-corrected chi connectivity index (χ0v) is 19.0. The Morgan fingerprint density at radius 2 is 1.62 bits per heavy atom. The summed E-state index contributed by atoms with van der Waals surface area (Å²) in [5.41, 5.74) is -3.80. The van der Waals surface area contributed by atoms with Crippen LogP contribution in [-0.2, 0) is 12.4 Å². The van der Waals surface area contributed by atoms with Gasteiger partial charge < -0.3 is 10.7 Å². The van der Waals surface area contributed by atoms with Crippen molar-refractivity contribution < 1.29 is 35.9 Å². The first-order chi connectivity index (χ1) is 17.2. The summed E-state index contributed by atoms with van der Waals surface area (Å²) in [6, 6.07) is 9.38. The van der Waals surface area contributed by atoms with Gasteiger partial charge in [-0.15, -0.1) is 0 Å². The number of hydrogen-bond donors (Lipinski definition) is 2. The molecular weight excluding hydrogens is 500 g/mol. The van der Waals surface area contributed by atoms with Crippen molar-refractivity contribution in [3.63, 3.8) is 0 Å². The van der Waals surface area contributed by atoms with E-state index in [4.69, 9.17) is 5.41 Å². The third kappa shape index (κ3) is 7.27. The highest BCUT2D eigenvalue weighted by atomic mass is 19.4. The molecule has 0 unspecified atom stereocenters. The maximum absolute atomic E-state index is 13.5. The number of amides is 1. The largest absolute Gasteiger partial charge is 0.417 e. The highest BCUT2D eigenvalue weighted by Crippen LogP contribution is 2.33. The molecule has 37 heavy (non-hydrogen) atoms. The lowest BCUT2D eigenvalue weighted by Gasteiger charge is -2.13. The Kier molecular flexibility index (Phi) is 7.81. The predicted octanol–water partition coefficient (Wildman–Crippen LogP) is 6.38. The molecule has 3 rings (SSSR count). The number of hydrogen-bond acceptors (Lipinski definition) is 4. The van der Waals surface area contributed by atoms with Gasteiger partial charge in [0.05, 0.1) is 16.7 Å². The van der Waals surface area contributed by atoms with E-state index in [-0.39, 0.29) is 34.6 Å². The number of nitrogens with zero attached hydrogens (tertiary/aromatic N) is 1. The lowest BCUT2D eigenvalue weighted by atomic mass is 9.99. The van der Waals surface area contributed by atoms with E-state index in [0.29, 0.717) is 18.2 Å². The van der Waals surface area contributed by atoms with Crippen LogP contribution < -0.4 is 5.32 Å². The summed E-state index contributed by atoms with van der Waals surface area (Å²) in [7, 11) is 0. The van der Waals surface area contributed by atoms with Gasteiger partial charge in [0.25, 0.3) is 5.91 Å². The Balaban J connectivity index is 2.04. The lowest BCUT2D eigenvalue weighted by molar-refractivity contribution is -0.138. The monoisotopic (exact) mass is 517 g/mol. The quantitative estimate of drug-likeness (QED) is 0.178. The van der Waals surface area contributed by atoms with Crippen molar-refractivity contribution in [1.29, 1.82) is 5.41 Å². The lowest BCUT2D eigenvalue weighted by Crippen LogP contribution is -2.19. The van der Waals surface area contributed by atoms with Gasteiger partial charge in [0, 0.05) is 35.0 Å². The fourth-order valence-corrected chi connectivity index (χ4v) is 3.19. The average molecular weight is 517 g/mol. The molecule has 1 heterocycles. The van der Waals surface area contributed by atoms with Crippen LogP contribution in [0.1, 0.15) is 56.3 Å². The third-order valence-electron chi connectivity index (χ3n) is 4.84. The number of nitrogens with one attached hydrogen (secondary N) is 2. The van der Waals surface area contributed by atoms with Crippen molar-refractivity contribution in [2.24, 2.45) is 0 Å². The SMILES string of the molecule is CC(=N)CC(=O)c1cc(C#Cc2ccc(C(F)(F)F)c(C(=O)Nc3ccccn3)c2)cc(C(F)(F)F)c1. The summed E-state index contributed by atoms with van der Waals surface area (Å²) in [5, 5.41) is 9.65. The molecular formula is C26H17F6N3O2. The van der Waals surface area contributed by atoms with E-state index in [1.54, 1.807) is 6.07 Å². The number of alkyl halides is 6. The molecule has 3 aromatic rings. The molecule has 0 saturated carbocycles. The minimum absolute atomic E-state index is 0.0124. The van der Waals surface area contributed by atoms with E-state index in [1.165, 1.54) is 25.3 Å². The number of benzene rings is 2. The summed E-state index contributed by atoms with van der Waals surface area (Å²) < 4.78 is 80.6. The topological polar surface area (TPSA) is 82.9 Å². The Hall–Kier alpha value is -4.46. The number of aromatic nitrogens is 1. The Bertz CT molecular complexity index is 1420. The highest BCUT2D eigenvalue weighted by molar-refractivity contribution is 6.08. The standard InChI is InChI=1S/C26H17F6N3O2/c1-15(33)10-22(36)18-11-17(12-19(14-18)25(27,28)29)6-5-16-7-8-21(26(30,31)32)20(13-16)24(37)35-23-4-2-3-9-34-23/h2-4,7-9,11-14,33H,10H2,1H3,(H,34,35,37). The van der Waals surface area contributed by atoms with Gasteiger partial charge in [-0.05, 0) is 55.5 Å². The molecule has 0 aliphatic heterocycles. The molecule has 0 bridgehead atoms. The van der Waals surface area contributed by atoms with Gasteiger partial charge >= 0.3 is 12.4 Å². The number of carbonyl (C=O) groups is 2. The molecule has 0 radical (unpaired) electrons. The Morgan fingerprint density at radius 1 is 0.919 bits per heavy atom. The molecule has 0 saturated heterocycles. The molecule has 2 aromatic carbocycles. The number of carbonyl (C=O) groups excluding carboxylic acids is 2. The van der Waals surface area contributed by atoms with Crippen LogP contribution in [0.3, 0.4) is 0 Å². The van der Waals surface area contributed by atoms with E-state index in [1.807, 2.05) is 0 Å². The van der Waals surface area contributed by atoms with Crippen LogP contribution >= 0.6 is 0 Å². The maximum atomic E-state index is 13.5. The minimum atomic E-state index is -4.87. The second-order valence-corrected chi connectivity index (χ2v) is 7.85. The molecule has 190 valence electrons. The number of rotatable bonds is 5. The van der Waals surface area contributed by atoms with Crippen LogP contribution in [0.5, 0.6) is 0 Å². The number of pyridine rings is 1. The summed E-state index contributed by atoms with van der Waals surface area (Å²) in [6.07, 6.45) is -8.72. The van der Waals surface area contributed by atoms with Crippen molar-refractivity contribution >= 4 is 23.2 Å². The van der Waals surface area contributed by atoms with Gasteiger partial charge in [-0.3, -0.25) is 9.59 Å². The summed E-state index contributed by atoms with van der Waals surface area (Å²) >= 11 is 0. The molecule has 2 N–H and O–H groups in total. The molecule has 0 spiro atoms. The molecule has 1 aromatic heterocycles. The van der Waals surface area contributed by atoms with Gasteiger partial charge in [-0.25, -0.2) is 4.98 Å². The van der Waals surface area contributed by atoms with Gasteiger partial charge in [0.15, 0.2) is 5.78 Å². The molecule has 0 fully saturated rings. The number of halogens is 6. The first-order valence-electron chi connectivity index (χ1n) is 10.5. The van der Waals surface area contributed by atoms with Gasteiger partial charge in [-0.2, -0.15) is 26.3 Å². The van der Waals surface area contributed by atoms with Crippen LogP contribution in [0.4, 0.5) is 32.2 Å². The van der Waals surface area contributed by atoms with E-state index in [0.717, 1.165) is 18.2 Å². The number of Topliss-reactive ketones (excluding diaryl/α,β-unsaturated/α-hetero) is 1. The van der Waals surface area contributed by atoms with Crippen LogP contribution in [-0.4, -0.2) is 22.4 Å². The third-order valence-corrected chi connectivity index (χ3v) is 4.84. The maximum Gasteiger partial charge on any atom is 0.417 e. The number of ketones is 1. The molecule has 1 amide bonds. The number of anilines is 1. The van der Waals surface area contributed by atoms with Crippen molar-refractivity contribution in [3.05, 3.63) is 94.2 Å². The molecule has 0 aliphatic rings.